The number of likely N-dealkylation sites (tertiary alicyclic amines) is 1. The number of carbonyl (C=O) groups excluding carboxylic acids is 1. The minimum absolute atomic E-state index is 0.104. The first kappa shape index (κ1) is 17.0. The Kier molecular flexibility index (Phi) is 5.98. The Labute approximate surface area is 133 Å². The third kappa shape index (κ3) is 4.82. The molecule has 2 rings (SSSR count). The van der Waals surface area contributed by atoms with E-state index in [1.54, 1.807) is 0 Å². The molecule has 1 aromatic rings. The molecule has 1 aliphatic rings. The summed E-state index contributed by atoms with van der Waals surface area (Å²) in [6.45, 7) is 9.28. The largest absolute Gasteiger partial charge is 0.466 e. The molecule has 1 aliphatic heterocycles. The molecule has 22 heavy (non-hydrogen) atoms. The third-order valence-electron chi connectivity index (χ3n) is 4.30. The summed E-state index contributed by atoms with van der Waals surface area (Å²) in [6.07, 6.45) is 1.38. The molecular weight excluding hydrogens is 276 g/mol. The summed E-state index contributed by atoms with van der Waals surface area (Å²) in [6, 6.07) is 6.71. The molecule has 2 unspecified atom stereocenters. The third-order valence-corrected chi connectivity index (χ3v) is 4.30. The quantitative estimate of drug-likeness (QED) is 0.849. The zero-order chi connectivity index (χ0) is 16.1. The molecule has 4 heteroatoms. The Morgan fingerprint density at radius 1 is 1.36 bits per heavy atom. The van der Waals surface area contributed by atoms with Crippen molar-refractivity contribution >= 4 is 5.97 Å². The molecule has 2 N–H and O–H groups in total. The fraction of sp³-hybridized carbons (Fsp3) is 0.611. The van der Waals surface area contributed by atoms with E-state index in [0.717, 1.165) is 26.1 Å². The van der Waals surface area contributed by atoms with Crippen LogP contribution in [0.4, 0.5) is 0 Å². The minimum Gasteiger partial charge on any atom is -0.466 e. The lowest BCUT2D eigenvalue weighted by Crippen LogP contribution is -2.47. The molecule has 0 amide bonds. The van der Waals surface area contributed by atoms with Crippen molar-refractivity contribution in [3.8, 4) is 0 Å². The van der Waals surface area contributed by atoms with Crippen LogP contribution in [0.5, 0.6) is 0 Å². The van der Waals surface area contributed by atoms with Crippen molar-refractivity contribution in [3.05, 3.63) is 34.9 Å². The Balaban J connectivity index is 1.97. The molecule has 0 aliphatic carbocycles. The molecule has 0 bridgehead atoms. The summed E-state index contributed by atoms with van der Waals surface area (Å²) < 4.78 is 5.07. The second-order valence-corrected chi connectivity index (χ2v) is 6.49. The van der Waals surface area contributed by atoms with Gasteiger partial charge in [0.15, 0.2) is 0 Å². The van der Waals surface area contributed by atoms with E-state index >= 15 is 0 Å². The van der Waals surface area contributed by atoms with E-state index in [1.165, 1.54) is 16.7 Å². The summed E-state index contributed by atoms with van der Waals surface area (Å²) in [5.74, 6) is 0.196. The number of hydrogen-bond acceptors (Lipinski definition) is 4. The summed E-state index contributed by atoms with van der Waals surface area (Å²) in [4.78, 5) is 14.1. The number of esters is 1. The van der Waals surface area contributed by atoms with Crippen LogP contribution in [0.15, 0.2) is 18.2 Å². The van der Waals surface area contributed by atoms with Crippen molar-refractivity contribution in [3.63, 3.8) is 0 Å². The number of aryl methyl sites for hydroxylation is 2. The molecule has 2 atom stereocenters. The molecule has 4 nitrogen and oxygen atoms in total. The van der Waals surface area contributed by atoms with Gasteiger partial charge in [0.25, 0.3) is 0 Å². The number of nitrogens with two attached hydrogens (primary N) is 1. The monoisotopic (exact) mass is 304 g/mol. The topological polar surface area (TPSA) is 55.6 Å². The summed E-state index contributed by atoms with van der Waals surface area (Å²) in [5, 5.41) is 0. The molecule has 1 fully saturated rings. The van der Waals surface area contributed by atoms with Crippen molar-refractivity contribution < 1.29 is 9.53 Å². The van der Waals surface area contributed by atoms with Gasteiger partial charge in [-0.3, -0.25) is 9.69 Å². The van der Waals surface area contributed by atoms with Crippen LogP contribution in [0.25, 0.3) is 0 Å². The first-order chi connectivity index (χ1) is 10.5. The molecular formula is C18H28N2O2. The van der Waals surface area contributed by atoms with Gasteiger partial charge in [-0.1, -0.05) is 23.8 Å². The molecule has 0 radical (unpaired) electrons. The maximum absolute atomic E-state index is 11.7. The Morgan fingerprint density at radius 2 is 2.14 bits per heavy atom. The number of hydrogen-bond donors (Lipinski definition) is 1. The van der Waals surface area contributed by atoms with Crippen molar-refractivity contribution in [2.24, 2.45) is 11.7 Å². The van der Waals surface area contributed by atoms with Gasteiger partial charge in [0.1, 0.15) is 0 Å². The minimum atomic E-state index is -0.104. The van der Waals surface area contributed by atoms with E-state index < -0.39 is 0 Å². The lowest BCUT2D eigenvalue weighted by atomic mass is 9.91. The predicted octanol–water partition coefficient (Wildman–Crippen LogP) is 2.41. The highest BCUT2D eigenvalue weighted by molar-refractivity contribution is 5.69. The maximum Gasteiger partial charge on any atom is 0.306 e. The molecule has 0 spiro atoms. The Morgan fingerprint density at radius 3 is 2.82 bits per heavy atom. The zero-order valence-corrected chi connectivity index (χ0v) is 14.0. The van der Waals surface area contributed by atoms with E-state index in [1.807, 2.05) is 6.92 Å². The van der Waals surface area contributed by atoms with Gasteiger partial charge in [-0.15, -0.1) is 0 Å². The highest BCUT2D eigenvalue weighted by Gasteiger charge is 2.27. The average Bonchev–Trinajstić information content (AvgIpc) is 2.41. The highest BCUT2D eigenvalue weighted by Crippen LogP contribution is 2.22. The zero-order valence-electron chi connectivity index (χ0n) is 14.0. The van der Waals surface area contributed by atoms with Crippen LogP contribution in [-0.2, 0) is 16.1 Å². The van der Waals surface area contributed by atoms with Gasteiger partial charge in [0, 0.05) is 32.1 Å². The lowest BCUT2D eigenvalue weighted by Gasteiger charge is -2.36. The van der Waals surface area contributed by atoms with E-state index in [-0.39, 0.29) is 12.0 Å². The van der Waals surface area contributed by atoms with Crippen LogP contribution in [0.3, 0.4) is 0 Å². The maximum atomic E-state index is 11.7. The van der Waals surface area contributed by atoms with Crippen molar-refractivity contribution in [1.82, 2.24) is 4.90 Å². The van der Waals surface area contributed by atoms with Crippen molar-refractivity contribution in [2.45, 2.75) is 46.2 Å². The van der Waals surface area contributed by atoms with Crippen LogP contribution >= 0.6 is 0 Å². The highest BCUT2D eigenvalue weighted by atomic mass is 16.5. The standard InChI is InChI=1S/C18H28N2O2/c1-4-22-18(21)9-15-8-17(19)12-20(10-15)11-16-6-5-13(2)7-14(16)3/h5-7,15,17H,4,8-12,19H2,1-3H3. The molecule has 0 saturated carbocycles. The lowest BCUT2D eigenvalue weighted by molar-refractivity contribution is -0.144. The first-order valence-electron chi connectivity index (χ1n) is 8.17. The summed E-state index contributed by atoms with van der Waals surface area (Å²) in [5.41, 5.74) is 10.1. The fourth-order valence-electron chi connectivity index (χ4n) is 3.35. The Bertz CT molecular complexity index is 516. The number of piperidine rings is 1. The normalized spacial score (nSPS) is 22.5. The van der Waals surface area contributed by atoms with E-state index in [2.05, 4.69) is 36.9 Å². The molecule has 1 aromatic carbocycles. The Hall–Kier alpha value is -1.39. The second-order valence-electron chi connectivity index (χ2n) is 6.49. The van der Waals surface area contributed by atoms with Gasteiger partial charge >= 0.3 is 5.97 Å². The van der Waals surface area contributed by atoms with Crippen LogP contribution in [0.2, 0.25) is 0 Å². The average molecular weight is 304 g/mol. The smallest absolute Gasteiger partial charge is 0.306 e. The van der Waals surface area contributed by atoms with Gasteiger partial charge in [-0.2, -0.15) is 0 Å². The summed E-state index contributed by atoms with van der Waals surface area (Å²) in [7, 11) is 0. The van der Waals surface area contributed by atoms with Gasteiger partial charge in [-0.25, -0.2) is 0 Å². The molecule has 122 valence electrons. The fourth-order valence-corrected chi connectivity index (χ4v) is 3.35. The van der Waals surface area contributed by atoms with Crippen molar-refractivity contribution in [2.75, 3.05) is 19.7 Å². The number of carbonyl (C=O) groups is 1. The number of nitrogens with zero attached hydrogens (tertiary/aromatic N) is 1. The predicted molar refractivity (Wildman–Crippen MR) is 88.5 cm³/mol. The van der Waals surface area contributed by atoms with Gasteiger partial charge < -0.3 is 10.5 Å². The van der Waals surface area contributed by atoms with Crippen LogP contribution in [0, 0.1) is 19.8 Å². The van der Waals surface area contributed by atoms with E-state index in [9.17, 15) is 4.79 Å². The van der Waals surface area contributed by atoms with Gasteiger partial charge in [0.2, 0.25) is 0 Å². The van der Waals surface area contributed by atoms with Crippen molar-refractivity contribution in [1.29, 1.82) is 0 Å². The van der Waals surface area contributed by atoms with Crippen LogP contribution in [0.1, 0.15) is 36.5 Å². The molecule has 1 heterocycles. The van der Waals surface area contributed by atoms with E-state index in [0.29, 0.717) is 18.9 Å². The van der Waals surface area contributed by atoms with Gasteiger partial charge in [-0.05, 0) is 44.2 Å². The number of ether oxygens (including phenoxy) is 1. The number of rotatable bonds is 5. The number of benzene rings is 1. The SMILES string of the molecule is CCOC(=O)CC1CC(N)CN(Cc2ccc(C)cc2C)C1. The van der Waals surface area contributed by atoms with E-state index in [4.69, 9.17) is 10.5 Å². The molecule has 0 aromatic heterocycles. The van der Waals surface area contributed by atoms with Crippen LogP contribution < -0.4 is 5.73 Å². The van der Waals surface area contributed by atoms with Gasteiger partial charge in [0.05, 0.1) is 6.61 Å². The molecule has 1 saturated heterocycles. The second kappa shape index (κ2) is 7.75. The summed E-state index contributed by atoms with van der Waals surface area (Å²) >= 11 is 0. The van der Waals surface area contributed by atoms with Crippen LogP contribution in [-0.4, -0.2) is 36.6 Å². The first-order valence-corrected chi connectivity index (χ1v) is 8.17.